The van der Waals surface area contributed by atoms with E-state index in [4.69, 9.17) is 14.2 Å². The van der Waals surface area contributed by atoms with Crippen LogP contribution in [0.15, 0.2) is 48.7 Å². The fourth-order valence-corrected chi connectivity index (χ4v) is 2.56. The van der Waals surface area contributed by atoms with Crippen LogP contribution in [-0.4, -0.2) is 28.1 Å². The van der Waals surface area contributed by atoms with Crippen molar-refractivity contribution in [1.29, 1.82) is 0 Å². The molecule has 1 aliphatic heterocycles. The summed E-state index contributed by atoms with van der Waals surface area (Å²) in [5, 5.41) is 14.3. The first kappa shape index (κ1) is 16.9. The fourth-order valence-electron chi connectivity index (χ4n) is 2.56. The third-order valence-corrected chi connectivity index (χ3v) is 3.69. The van der Waals surface area contributed by atoms with Gasteiger partial charge in [0.2, 0.25) is 12.7 Å². The number of hydrogen-bond donors (Lipinski definition) is 2. The Morgan fingerprint density at radius 3 is 2.56 bits per heavy atom. The van der Waals surface area contributed by atoms with Crippen LogP contribution >= 0.6 is 0 Å². The first-order chi connectivity index (χ1) is 13.2. The molecule has 0 fully saturated rings. The topological polar surface area (TPSA) is 90.4 Å². The van der Waals surface area contributed by atoms with Crippen molar-refractivity contribution in [2.75, 3.05) is 17.4 Å². The highest BCUT2D eigenvalue weighted by Gasteiger charge is 2.13. The fraction of sp³-hybridized carbons (Fsp3) is 0.211. The van der Waals surface area contributed by atoms with Gasteiger partial charge >= 0.3 is 0 Å². The molecule has 0 amide bonds. The summed E-state index contributed by atoms with van der Waals surface area (Å²) in [6, 6.07) is 13.2. The van der Waals surface area contributed by atoms with E-state index in [-0.39, 0.29) is 12.9 Å². The van der Waals surface area contributed by atoms with Gasteiger partial charge in [-0.3, -0.25) is 0 Å². The summed E-state index contributed by atoms with van der Waals surface area (Å²) in [6.07, 6.45) is 1.69. The van der Waals surface area contributed by atoms with Gasteiger partial charge in [0, 0.05) is 17.4 Å². The summed E-state index contributed by atoms with van der Waals surface area (Å²) in [7, 11) is 0. The van der Waals surface area contributed by atoms with E-state index in [2.05, 4.69) is 25.8 Å². The first-order valence-electron chi connectivity index (χ1n) is 8.56. The molecule has 2 N–H and O–H groups in total. The minimum Gasteiger partial charge on any atom is -0.491 e. The Labute approximate surface area is 156 Å². The lowest BCUT2D eigenvalue weighted by molar-refractivity contribution is 0.174. The normalized spacial score (nSPS) is 12.1. The second-order valence-electron chi connectivity index (χ2n) is 6.17. The molecule has 8 nitrogen and oxygen atoms in total. The molecule has 0 aliphatic carbocycles. The summed E-state index contributed by atoms with van der Waals surface area (Å²) in [6.45, 7) is 4.22. The lowest BCUT2D eigenvalue weighted by Crippen LogP contribution is -2.05. The summed E-state index contributed by atoms with van der Waals surface area (Å²) in [4.78, 5) is 4.43. The SMILES string of the molecule is CC(C)Oc1ccc(Nc2nncc(Nc3ccc4c(c3)OCO4)n2)cc1. The number of hydrogen-bond acceptors (Lipinski definition) is 8. The van der Waals surface area contributed by atoms with Gasteiger partial charge in [0.25, 0.3) is 0 Å². The number of ether oxygens (including phenoxy) is 3. The summed E-state index contributed by atoms with van der Waals surface area (Å²) >= 11 is 0. The van der Waals surface area contributed by atoms with Gasteiger partial charge < -0.3 is 24.8 Å². The number of fused-ring (bicyclic) bond motifs is 1. The van der Waals surface area contributed by atoms with Crippen LogP contribution in [0.5, 0.6) is 17.2 Å². The first-order valence-corrected chi connectivity index (χ1v) is 8.56. The van der Waals surface area contributed by atoms with Crippen molar-refractivity contribution in [3.05, 3.63) is 48.7 Å². The molecule has 0 bridgehead atoms. The van der Waals surface area contributed by atoms with Gasteiger partial charge in [-0.15, -0.1) is 5.10 Å². The average molecular weight is 365 g/mol. The van der Waals surface area contributed by atoms with Crippen molar-refractivity contribution in [2.24, 2.45) is 0 Å². The van der Waals surface area contributed by atoms with Crippen LogP contribution in [0.4, 0.5) is 23.1 Å². The van der Waals surface area contributed by atoms with E-state index in [1.165, 1.54) is 0 Å². The molecule has 1 aliphatic rings. The Hall–Kier alpha value is -3.55. The van der Waals surface area contributed by atoms with E-state index in [0.717, 1.165) is 22.9 Å². The maximum absolute atomic E-state index is 5.64. The van der Waals surface area contributed by atoms with Crippen molar-refractivity contribution < 1.29 is 14.2 Å². The summed E-state index contributed by atoms with van der Waals surface area (Å²) in [5.41, 5.74) is 1.66. The lowest BCUT2D eigenvalue weighted by atomic mass is 10.3. The minimum absolute atomic E-state index is 0.135. The van der Waals surface area contributed by atoms with Gasteiger partial charge in [0.15, 0.2) is 17.3 Å². The van der Waals surface area contributed by atoms with E-state index in [0.29, 0.717) is 17.5 Å². The highest BCUT2D eigenvalue weighted by molar-refractivity contribution is 5.62. The van der Waals surface area contributed by atoms with Crippen LogP contribution in [0, 0.1) is 0 Å². The molecule has 27 heavy (non-hydrogen) atoms. The lowest BCUT2D eigenvalue weighted by Gasteiger charge is -2.11. The van der Waals surface area contributed by atoms with Crippen LogP contribution in [0.2, 0.25) is 0 Å². The summed E-state index contributed by atoms with van der Waals surface area (Å²) < 4.78 is 16.3. The summed E-state index contributed by atoms with van der Waals surface area (Å²) in [5.74, 6) is 3.19. The minimum atomic E-state index is 0.135. The quantitative estimate of drug-likeness (QED) is 0.680. The molecule has 0 spiro atoms. The highest BCUT2D eigenvalue weighted by atomic mass is 16.7. The van der Waals surface area contributed by atoms with Crippen molar-refractivity contribution in [2.45, 2.75) is 20.0 Å². The van der Waals surface area contributed by atoms with E-state index in [1.54, 1.807) is 6.20 Å². The van der Waals surface area contributed by atoms with Crippen molar-refractivity contribution >= 4 is 23.1 Å². The zero-order valence-electron chi connectivity index (χ0n) is 15.0. The van der Waals surface area contributed by atoms with Crippen LogP contribution < -0.4 is 24.8 Å². The zero-order valence-corrected chi connectivity index (χ0v) is 15.0. The van der Waals surface area contributed by atoms with Crippen molar-refractivity contribution in [3.8, 4) is 17.2 Å². The molecule has 1 aromatic heterocycles. The predicted molar refractivity (Wildman–Crippen MR) is 101 cm³/mol. The molecule has 0 radical (unpaired) electrons. The van der Waals surface area contributed by atoms with Gasteiger partial charge in [-0.2, -0.15) is 10.1 Å². The highest BCUT2D eigenvalue weighted by Crippen LogP contribution is 2.34. The van der Waals surface area contributed by atoms with E-state index in [1.807, 2.05) is 56.3 Å². The van der Waals surface area contributed by atoms with E-state index < -0.39 is 0 Å². The molecule has 3 aromatic rings. The Bertz CT molecular complexity index is 931. The molecule has 2 aromatic carbocycles. The number of anilines is 4. The van der Waals surface area contributed by atoms with Crippen LogP contribution in [0.1, 0.15) is 13.8 Å². The standard InChI is InChI=1S/C19H19N5O3/c1-12(2)27-15-6-3-13(4-7-15)22-19-23-18(10-20-24-19)21-14-5-8-16-17(9-14)26-11-25-16/h3-10,12H,11H2,1-2H3,(H2,21,22,23,24). The Morgan fingerprint density at radius 2 is 1.74 bits per heavy atom. The molecule has 0 unspecified atom stereocenters. The number of nitrogens with zero attached hydrogens (tertiary/aromatic N) is 3. The number of aromatic nitrogens is 3. The second kappa shape index (κ2) is 7.36. The van der Waals surface area contributed by atoms with E-state index in [9.17, 15) is 0 Å². The Balaban J connectivity index is 1.44. The number of rotatable bonds is 6. The second-order valence-corrected chi connectivity index (χ2v) is 6.17. The molecule has 0 saturated heterocycles. The van der Waals surface area contributed by atoms with Crippen LogP contribution in [0.25, 0.3) is 0 Å². The number of benzene rings is 2. The molecular weight excluding hydrogens is 346 g/mol. The monoisotopic (exact) mass is 365 g/mol. The predicted octanol–water partition coefficient (Wildman–Crippen LogP) is 3.87. The smallest absolute Gasteiger partial charge is 0.249 e. The van der Waals surface area contributed by atoms with E-state index >= 15 is 0 Å². The van der Waals surface area contributed by atoms with Crippen LogP contribution in [0.3, 0.4) is 0 Å². The Morgan fingerprint density at radius 1 is 0.963 bits per heavy atom. The van der Waals surface area contributed by atoms with Gasteiger partial charge in [-0.05, 0) is 50.2 Å². The van der Waals surface area contributed by atoms with Crippen molar-refractivity contribution in [3.63, 3.8) is 0 Å². The van der Waals surface area contributed by atoms with Gasteiger partial charge in [-0.1, -0.05) is 0 Å². The maximum atomic E-state index is 5.64. The largest absolute Gasteiger partial charge is 0.491 e. The third kappa shape index (κ3) is 4.17. The molecule has 0 saturated carbocycles. The number of nitrogens with one attached hydrogen (secondary N) is 2. The molecular formula is C19H19N5O3. The molecule has 0 atom stereocenters. The molecule has 2 heterocycles. The average Bonchev–Trinajstić information content (AvgIpc) is 3.11. The molecule has 4 rings (SSSR count). The van der Waals surface area contributed by atoms with Gasteiger partial charge in [0.05, 0.1) is 12.3 Å². The third-order valence-electron chi connectivity index (χ3n) is 3.69. The molecule has 138 valence electrons. The van der Waals surface area contributed by atoms with Gasteiger partial charge in [-0.25, -0.2) is 0 Å². The van der Waals surface area contributed by atoms with Crippen LogP contribution in [-0.2, 0) is 0 Å². The zero-order chi connectivity index (χ0) is 18.6. The molecule has 8 heteroatoms. The maximum Gasteiger partial charge on any atom is 0.249 e. The van der Waals surface area contributed by atoms with Gasteiger partial charge in [0.1, 0.15) is 5.75 Å². The van der Waals surface area contributed by atoms with Crippen molar-refractivity contribution in [1.82, 2.24) is 15.2 Å². The Kier molecular flexibility index (Phi) is 4.61.